The summed E-state index contributed by atoms with van der Waals surface area (Å²) >= 11 is 0. The molecular weight excluding hydrogens is 515 g/mol. The van der Waals surface area contributed by atoms with Crippen LogP contribution in [0, 0.1) is 0 Å². The molecule has 2 aliphatic rings. The fourth-order valence-corrected chi connectivity index (χ4v) is 4.45. The van der Waals surface area contributed by atoms with Gasteiger partial charge in [0.1, 0.15) is 11.6 Å². The third-order valence-corrected chi connectivity index (χ3v) is 6.20. The smallest absolute Gasteiger partial charge is 0.194 e. The summed E-state index contributed by atoms with van der Waals surface area (Å²) in [6, 6.07) is 11.8. The highest BCUT2D eigenvalue weighted by molar-refractivity contribution is 14.0. The lowest BCUT2D eigenvalue weighted by molar-refractivity contribution is 0.369. The number of halogens is 1. The number of nitrogens with one attached hydrogen (secondary N) is 1. The summed E-state index contributed by atoms with van der Waals surface area (Å²) in [5.74, 6) is 2.36. The Morgan fingerprint density at radius 2 is 1.69 bits per heavy atom. The molecule has 0 aliphatic carbocycles. The number of aliphatic imine (C=N–C) groups is 1. The predicted molar refractivity (Wildman–Crippen MR) is 142 cm³/mol. The standard InChI is InChI=1S/C24H34N6O.HI/c1-25-24(30-16-14-28(15-17-30)21-8-4-5-9-22(21)31)27-19-20-10-11-26-23(18-20)29-12-6-2-3-7-13-29;/h4-5,8-11,18,31H,2-3,6-7,12-17,19H2,1H3,(H,25,27);1H. The zero-order chi connectivity index (χ0) is 21.5. The molecule has 4 rings (SSSR count). The summed E-state index contributed by atoms with van der Waals surface area (Å²) in [7, 11) is 1.84. The quantitative estimate of drug-likeness (QED) is 0.344. The van der Waals surface area contributed by atoms with Crippen molar-refractivity contribution < 1.29 is 5.11 Å². The second-order valence-corrected chi connectivity index (χ2v) is 8.29. The number of rotatable bonds is 4. The van der Waals surface area contributed by atoms with Crippen molar-refractivity contribution in [3.05, 3.63) is 48.2 Å². The Morgan fingerprint density at radius 3 is 2.38 bits per heavy atom. The summed E-state index contributed by atoms with van der Waals surface area (Å²) in [5, 5.41) is 13.7. The van der Waals surface area contributed by atoms with Gasteiger partial charge >= 0.3 is 0 Å². The number of guanidine groups is 1. The van der Waals surface area contributed by atoms with Crippen molar-refractivity contribution in [2.75, 3.05) is 56.1 Å². The number of phenolic OH excluding ortho intramolecular Hbond substituents is 1. The van der Waals surface area contributed by atoms with Crippen molar-refractivity contribution in [1.29, 1.82) is 0 Å². The molecular formula is C24H35IN6O. The van der Waals surface area contributed by atoms with E-state index < -0.39 is 0 Å². The SMILES string of the molecule is CN=C(NCc1ccnc(N2CCCCCC2)c1)N1CCN(c2ccccc2O)CC1.I. The van der Waals surface area contributed by atoms with Crippen LogP contribution in [-0.4, -0.2) is 67.3 Å². The van der Waals surface area contributed by atoms with E-state index in [4.69, 9.17) is 0 Å². The van der Waals surface area contributed by atoms with Crippen LogP contribution in [0.3, 0.4) is 0 Å². The Morgan fingerprint density at radius 1 is 0.969 bits per heavy atom. The van der Waals surface area contributed by atoms with Crippen molar-refractivity contribution >= 4 is 41.4 Å². The molecule has 1 aromatic carbocycles. The largest absolute Gasteiger partial charge is 0.506 e. The molecule has 0 unspecified atom stereocenters. The maximum absolute atomic E-state index is 10.1. The first-order valence-corrected chi connectivity index (χ1v) is 11.4. The number of benzene rings is 1. The third kappa shape index (κ3) is 6.17. The van der Waals surface area contributed by atoms with Crippen molar-refractivity contribution in [3.8, 4) is 5.75 Å². The lowest BCUT2D eigenvalue weighted by Gasteiger charge is -2.37. The molecule has 0 atom stereocenters. The van der Waals surface area contributed by atoms with Gasteiger partial charge in [0.25, 0.3) is 0 Å². The van der Waals surface area contributed by atoms with Gasteiger partial charge in [0.2, 0.25) is 0 Å². The number of nitrogens with zero attached hydrogens (tertiary/aromatic N) is 5. The molecule has 2 N–H and O–H groups in total. The number of anilines is 2. The first-order valence-electron chi connectivity index (χ1n) is 11.4. The Kier molecular flexibility index (Phi) is 9.25. The molecule has 1 aromatic heterocycles. The van der Waals surface area contributed by atoms with Gasteiger partial charge in [-0.05, 0) is 42.7 Å². The average Bonchev–Trinajstić information content (AvgIpc) is 3.10. The van der Waals surface area contributed by atoms with Gasteiger partial charge in [0.15, 0.2) is 5.96 Å². The maximum atomic E-state index is 10.1. The van der Waals surface area contributed by atoms with Crippen LogP contribution in [0.25, 0.3) is 0 Å². The first kappa shape index (κ1) is 24.4. The van der Waals surface area contributed by atoms with Gasteiger partial charge in [-0.3, -0.25) is 4.99 Å². The number of hydrogen-bond acceptors (Lipinski definition) is 5. The van der Waals surface area contributed by atoms with Crippen LogP contribution in [-0.2, 0) is 6.54 Å². The van der Waals surface area contributed by atoms with E-state index in [1.165, 1.54) is 31.2 Å². The molecule has 8 heteroatoms. The van der Waals surface area contributed by atoms with Gasteiger partial charge in [-0.25, -0.2) is 4.98 Å². The fraction of sp³-hybridized carbons (Fsp3) is 0.500. The van der Waals surface area contributed by atoms with Gasteiger partial charge in [-0.2, -0.15) is 0 Å². The molecule has 174 valence electrons. The number of piperazine rings is 1. The molecule has 0 spiro atoms. The molecule has 0 bridgehead atoms. The highest BCUT2D eigenvalue weighted by atomic mass is 127. The Labute approximate surface area is 208 Å². The molecule has 7 nitrogen and oxygen atoms in total. The number of para-hydroxylation sites is 2. The summed E-state index contributed by atoms with van der Waals surface area (Å²) < 4.78 is 0. The molecule has 2 saturated heterocycles. The number of phenols is 1. The summed E-state index contributed by atoms with van der Waals surface area (Å²) in [4.78, 5) is 16.1. The third-order valence-electron chi connectivity index (χ3n) is 6.20. The van der Waals surface area contributed by atoms with Crippen LogP contribution in [0.4, 0.5) is 11.5 Å². The molecule has 0 amide bonds. The number of pyridine rings is 1. The number of aromatic hydroxyl groups is 1. The van der Waals surface area contributed by atoms with Crippen LogP contribution in [0.5, 0.6) is 5.75 Å². The van der Waals surface area contributed by atoms with Crippen molar-refractivity contribution in [3.63, 3.8) is 0 Å². The minimum Gasteiger partial charge on any atom is -0.506 e. The molecule has 32 heavy (non-hydrogen) atoms. The number of hydrogen-bond donors (Lipinski definition) is 2. The van der Waals surface area contributed by atoms with Gasteiger partial charge in [0, 0.05) is 59.1 Å². The van der Waals surface area contributed by atoms with Crippen LogP contribution >= 0.6 is 24.0 Å². The fourth-order valence-electron chi connectivity index (χ4n) is 4.45. The highest BCUT2D eigenvalue weighted by Crippen LogP contribution is 2.27. The van der Waals surface area contributed by atoms with Crippen LogP contribution in [0.1, 0.15) is 31.2 Å². The minimum atomic E-state index is 0. The average molecular weight is 550 g/mol. The monoisotopic (exact) mass is 550 g/mol. The van der Waals surface area contributed by atoms with E-state index in [2.05, 4.69) is 42.1 Å². The van der Waals surface area contributed by atoms with Gasteiger partial charge in [0.05, 0.1) is 5.69 Å². The Balaban J connectivity index is 0.00000289. The molecule has 2 aliphatic heterocycles. The van der Waals surface area contributed by atoms with Gasteiger partial charge < -0.3 is 25.1 Å². The minimum absolute atomic E-state index is 0. The Hall–Kier alpha value is -2.23. The number of aromatic nitrogens is 1. The highest BCUT2D eigenvalue weighted by Gasteiger charge is 2.21. The van der Waals surface area contributed by atoms with Crippen LogP contribution in [0.15, 0.2) is 47.6 Å². The van der Waals surface area contributed by atoms with E-state index in [9.17, 15) is 5.11 Å². The second-order valence-electron chi connectivity index (χ2n) is 8.29. The molecule has 0 radical (unpaired) electrons. The second kappa shape index (κ2) is 12.1. The van der Waals surface area contributed by atoms with Crippen molar-refractivity contribution in [2.24, 2.45) is 4.99 Å². The van der Waals surface area contributed by atoms with E-state index in [0.29, 0.717) is 5.75 Å². The molecule has 2 aromatic rings. The van der Waals surface area contributed by atoms with E-state index in [0.717, 1.165) is 63.3 Å². The topological polar surface area (TPSA) is 67.2 Å². The summed E-state index contributed by atoms with van der Waals surface area (Å²) in [6.45, 7) is 6.38. The maximum Gasteiger partial charge on any atom is 0.194 e. The van der Waals surface area contributed by atoms with E-state index >= 15 is 0 Å². The van der Waals surface area contributed by atoms with E-state index in [-0.39, 0.29) is 24.0 Å². The van der Waals surface area contributed by atoms with Crippen molar-refractivity contribution in [2.45, 2.75) is 32.2 Å². The predicted octanol–water partition coefficient (Wildman–Crippen LogP) is 3.68. The normalized spacial score (nSPS) is 17.5. The van der Waals surface area contributed by atoms with Crippen LogP contribution < -0.4 is 15.1 Å². The summed E-state index contributed by atoms with van der Waals surface area (Å²) in [5.41, 5.74) is 2.13. The first-order chi connectivity index (χ1) is 15.2. The van der Waals surface area contributed by atoms with Crippen LogP contribution in [0.2, 0.25) is 0 Å². The van der Waals surface area contributed by atoms with Gasteiger partial charge in [-0.15, -0.1) is 24.0 Å². The lowest BCUT2D eigenvalue weighted by Crippen LogP contribution is -2.52. The van der Waals surface area contributed by atoms with E-state index in [1.54, 1.807) is 6.07 Å². The van der Waals surface area contributed by atoms with E-state index in [1.807, 2.05) is 31.4 Å². The van der Waals surface area contributed by atoms with Crippen molar-refractivity contribution in [1.82, 2.24) is 15.2 Å². The molecule has 3 heterocycles. The summed E-state index contributed by atoms with van der Waals surface area (Å²) in [6.07, 6.45) is 7.08. The molecule has 2 fully saturated rings. The zero-order valence-electron chi connectivity index (χ0n) is 18.9. The van der Waals surface area contributed by atoms with Gasteiger partial charge in [-0.1, -0.05) is 25.0 Å². The zero-order valence-corrected chi connectivity index (χ0v) is 21.2. The molecule has 0 saturated carbocycles. The lowest BCUT2D eigenvalue weighted by atomic mass is 10.2. The Bertz CT molecular complexity index is 876.